The molecule has 2 heterocycles. The van der Waals surface area contributed by atoms with Crippen LogP contribution >= 0.6 is 11.6 Å². The highest BCUT2D eigenvalue weighted by Gasteiger charge is 2.22. The van der Waals surface area contributed by atoms with Crippen LogP contribution < -0.4 is 15.5 Å². The van der Waals surface area contributed by atoms with E-state index in [1.54, 1.807) is 6.20 Å². The molecule has 4 aromatic rings. The third-order valence-electron chi connectivity index (χ3n) is 6.26. The molecule has 0 unspecified atom stereocenters. The molecule has 2 amide bonds. The molecule has 8 nitrogen and oxygen atoms in total. The third kappa shape index (κ3) is 6.10. The van der Waals surface area contributed by atoms with Gasteiger partial charge in [-0.15, -0.1) is 0 Å². The van der Waals surface area contributed by atoms with Crippen molar-refractivity contribution >= 4 is 46.4 Å². The standard InChI is InChI=1S/C29H27ClN6O2/c1-20(37)32-24-10-8-21(9-11-24)27-12-13-31-29(34-27)33-25-6-2-4-22(18-25)28(38)36-16-14-35(15-17-36)26-7-3-5-23(30)19-26/h2-13,18-19H,14-17H2,1H3,(H,32,37)(H,31,33,34). The van der Waals surface area contributed by atoms with Crippen LogP contribution in [0.2, 0.25) is 5.02 Å². The fourth-order valence-corrected chi connectivity index (χ4v) is 4.57. The van der Waals surface area contributed by atoms with E-state index in [2.05, 4.69) is 25.5 Å². The maximum absolute atomic E-state index is 13.2. The lowest BCUT2D eigenvalue weighted by molar-refractivity contribution is -0.114. The Hall–Kier alpha value is -4.43. The second-order valence-electron chi connectivity index (χ2n) is 8.99. The van der Waals surface area contributed by atoms with E-state index in [9.17, 15) is 9.59 Å². The number of halogens is 1. The first-order valence-electron chi connectivity index (χ1n) is 12.3. The maximum Gasteiger partial charge on any atom is 0.254 e. The smallest absolute Gasteiger partial charge is 0.254 e. The summed E-state index contributed by atoms with van der Waals surface area (Å²) >= 11 is 6.14. The summed E-state index contributed by atoms with van der Waals surface area (Å²) in [5.74, 6) is 0.299. The molecule has 0 saturated carbocycles. The molecule has 192 valence electrons. The Bertz CT molecular complexity index is 1450. The van der Waals surface area contributed by atoms with Gasteiger partial charge in [0.1, 0.15) is 0 Å². The van der Waals surface area contributed by atoms with Gasteiger partial charge in [0.15, 0.2) is 0 Å². The molecule has 0 atom stereocenters. The summed E-state index contributed by atoms with van der Waals surface area (Å²) in [7, 11) is 0. The van der Waals surface area contributed by atoms with Gasteiger partial charge in [0, 0.05) is 72.5 Å². The number of hydrogen-bond donors (Lipinski definition) is 2. The molecule has 3 aromatic carbocycles. The summed E-state index contributed by atoms with van der Waals surface area (Å²) in [6.07, 6.45) is 1.68. The number of aromatic nitrogens is 2. The molecule has 0 spiro atoms. The van der Waals surface area contributed by atoms with Gasteiger partial charge < -0.3 is 20.4 Å². The molecule has 9 heteroatoms. The lowest BCUT2D eigenvalue weighted by atomic mass is 10.1. The zero-order valence-electron chi connectivity index (χ0n) is 20.9. The van der Waals surface area contributed by atoms with Crippen molar-refractivity contribution in [2.24, 2.45) is 0 Å². The summed E-state index contributed by atoms with van der Waals surface area (Å²) in [5.41, 5.74) is 4.76. The second kappa shape index (κ2) is 11.3. The summed E-state index contributed by atoms with van der Waals surface area (Å²) in [5, 5.41) is 6.68. The number of carbonyl (C=O) groups is 2. The number of anilines is 4. The van der Waals surface area contributed by atoms with Crippen LogP contribution in [0.4, 0.5) is 23.0 Å². The van der Waals surface area contributed by atoms with Crippen LogP contribution in [0.25, 0.3) is 11.3 Å². The Kier molecular flexibility index (Phi) is 7.51. The van der Waals surface area contributed by atoms with Gasteiger partial charge >= 0.3 is 0 Å². The highest BCUT2D eigenvalue weighted by Crippen LogP contribution is 2.24. The summed E-state index contributed by atoms with van der Waals surface area (Å²) in [6.45, 7) is 4.23. The van der Waals surface area contributed by atoms with Crippen LogP contribution in [0, 0.1) is 0 Å². The number of amides is 2. The van der Waals surface area contributed by atoms with E-state index < -0.39 is 0 Å². The number of benzene rings is 3. The average Bonchev–Trinajstić information content (AvgIpc) is 2.93. The molecule has 0 aliphatic carbocycles. The van der Waals surface area contributed by atoms with Crippen molar-refractivity contribution in [3.05, 3.63) is 95.6 Å². The van der Waals surface area contributed by atoms with Gasteiger partial charge in [0.25, 0.3) is 5.91 Å². The summed E-state index contributed by atoms with van der Waals surface area (Å²) in [6, 6.07) is 24.4. The Morgan fingerprint density at radius 2 is 1.63 bits per heavy atom. The molecule has 1 aliphatic rings. The number of piperazine rings is 1. The number of nitrogens with zero attached hydrogens (tertiary/aromatic N) is 4. The molecular weight excluding hydrogens is 500 g/mol. The first kappa shape index (κ1) is 25.2. The van der Waals surface area contributed by atoms with Crippen molar-refractivity contribution in [1.29, 1.82) is 0 Å². The second-order valence-corrected chi connectivity index (χ2v) is 9.43. The third-order valence-corrected chi connectivity index (χ3v) is 6.50. The molecule has 1 aliphatic heterocycles. The number of rotatable bonds is 6. The van der Waals surface area contributed by atoms with Gasteiger partial charge in [0.05, 0.1) is 5.69 Å². The molecule has 0 radical (unpaired) electrons. The Morgan fingerprint density at radius 3 is 2.37 bits per heavy atom. The van der Waals surface area contributed by atoms with Crippen LogP contribution in [0.5, 0.6) is 0 Å². The molecule has 1 fully saturated rings. The van der Waals surface area contributed by atoms with Gasteiger partial charge in [-0.25, -0.2) is 9.97 Å². The maximum atomic E-state index is 13.2. The van der Waals surface area contributed by atoms with E-state index >= 15 is 0 Å². The minimum absolute atomic E-state index is 0.00618. The van der Waals surface area contributed by atoms with Crippen LogP contribution in [0.1, 0.15) is 17.3 Å². The van der Waals surface area contributed by atoms with E-state index in [1.807, 2.05) is 83.8 Å². The van der Waals surface area contributed by atoms with E-state index in [0.29, 0.717) is 29.6 Å². The predicted molar refractivity (Wildman–Crippen MR) is 151 cm³/mol. The Morgan fingerprint density at radius 1 is 0.868 bits per heavy atom. The monoisotopic (exact) mass is 526 g/mol. The molecule has 5 rings (SSSR count). The molecule has 1 saturated heterocycles. The zero-order chi connectivity index (χ0) is 26.5. The molecule has 1 aromatic heterocycles. The topological polar surface area (TPSA) is 90.5 Å². The fourth-order valence-electron chi connectivity index (χ4n) is 4.39. The summed E-state index contributed by atoms with van der Waals surface area (Å²) in [4.78, 5) is 37.6. The van der Waals surface area contributed by atoms with E-state index in [4.69, 9.17) is 11.6 Å². The Labute approximate surface area is 226 Å². The van der Waals surface area contributed by atoms with Gasteiger partial charge in [-0.05, 0) is 54.6 Å². The van der Waals surface area contributed by atoms with Crippen LogP contribution in [-0.4, -0.2) is 52.9 Å². The summed E-state index contributed by atoms with van der Waals surface area (Å²) < 4.78 is 0. The van der Waals surface area contributed by atoms with Crippen molar-refractivity contribution in [1.82, 2.24) is 14.9 Å². The average molecular weight is 527 g/mol. The van der Waals surface area contributed by atoms with Gasteiger partial charge in [-0.3, -0.25) is 9.59 Å². The molecule has 2 N–H and O–H groups in total. The first-order valence-corrected chi connectivity index (χ1v) is 12.7. The number of hydrogen-bond acceptors (Lipinski definition) is 6. The van der Waals surface area contributed by atoms with Crippen LogP contribution in [0.15, 0.2) is 85.1 Å². The molecule has 38 heavy (non-hydrogen) atoms. The van der Waals surface area contributed by atoms with E-state index in [-0.39, 0.29) is 11.8 Å². The van der Waals surface area contributed by atoms with Gasteiger partial charge in [-0.1, -0.05) is 35.9 Å². The van der Waals surface area contributed by atoms with Gasteiger partial charge in [-0.2, -0.15) is 0 Å². The van der Waals surface area contributed by atoms with Crippen LogP contribution in [0.3, 0.4) is 0 Å². The predicted octanol–water partition coefficient (Wildman–Crippen LogP) is 5.46. The minimum Gasteiger partial charge on any atom is -0.368 e. The van der Waals surface area contributed by atoms with Crippen molar-refractivity contribution in [3.63, 3.8) is 0 Å². The zero-order valence-corrected chi connectivity index (χ0v) is 21.7. The van der Waals surface area contributed by atoms with E-state index in [1.165, 1.54) is 6.92 Å². The molecular formula is C29H27ClN6O2. The largest absolute Gasteiger partial charge is 0.368 e. The van der Waals surface area contributed by atoms with Crippen molar-refractivity contribution in [2.75, 3.05) is 41.7 Å². The SMILES string of the molecule is CC(=O)Nc1ccc(-c2ccnc(Nc3cccc(C(=O)N4CCN(c5cccc(Cl)c5)CC4)c3)n2)cc1. The first-order chi connectivity index (χ1) is 18.4. The fraction of sp³-hybridized carbons (Fsp3) is 0.172. The minimum atomic E-state index is -0.119. The molecule has 0 bridgehead atoms. The Balaban J connectivity index is 1.23. The number of nitrogens with one attached hydrogen (secondary N) is 2. The normalized spacial score (nSPS) is 13.2. The number of carbonyl (C=O) groups excluding carboxylic acids is 2. The van der Waals surface area contributed by atoms with Crippen molar-refractivity contribution in [2.45, 2.75) is 6.92 Å². The highest BCUT2D eigenvalue weighted by molar-refractivity contribution is 6.30. The highest BCUT2D eigenvalue weighted by atomic mass is 35.5. The lowest BCUT2D eigenvalue weighted by Crippen LogP contribution is -2.48. The van der Waals surface area contributed by atoms with Gasteiger partial charge in [0.2, 0.25) is 11.9 Å². The van der Waals surface area contributed by atoms with E-state index in [0.717, 1.165) is 41.4 Å². The van der Waals surface area contributed by atoms with Crippen molar-refractivity contribution in [3.8, 4) is 11.3 Å². The quantitative estimate of drug-likeness (QED) is 0.346. The van der Waals surface area contributed by atoms with Crippen molar-refractivity contribution < 1.29 is 9.59 Å². The lowest BCUT2D eigenvalue weighted by Gasteiger charge is -2.36. The van der Waals surface area contributed by atoms with Crippen LogP contribution in [-0.2, 0) is 4.79 Å².